The van der Waals surface area contributed by atoms with Crippen LogP contribution in [0.4, 0.5) is 9.18 Å². The summed E-state index contributed by atoms with van der Waals surface area (Å²) < 4.78 is 12.9. The maximum Gasteiger partial charge on any atom is 0.317 e. The van der Waals surface area contributed by atoms with Gasteiger partial charge in [-0.2, -0.15) is 0 Å². The Labute approximate surface area is 150 Å². The fourth-order valence-corrected chi connectivity index (χ4v) is 3.82. The predicted molar refractivity (Wildman–Crippen MR) is 97.8 cm³/mol. The summed E-state index contributed by atoms with van der Waals surface area (Å²) in [6.45, 7) is 8.14. The fraction of sp³-hybridized carbons (Fsp3) is 0.650. The number of likely N-dealkylation sites (tertiary alicyclic amines) is 2. The molecule has 0 aromatic heterocycles. The number of halogens is 1. The van der Waals surface area contributed by atoms with Gasteiger partial charge in [-0.25, -0.2) is 9.18 Å². The second-order valence-corrected chi connectivity index (χ2v) is 7.70. The maximum atomic E-state index is 12.9. The van der Waals surface area contributed by atoms with Gasteiger partial charge in [0.25, 0.3) is 0 Å². The van der Waals surface area contributed by atoms with Crippen molar-refractivity contribution in [3.63, 3.8) is 0 Å². The number of hydrogen-bond acceptors (Lipinski definition) is 2. The molecule has 0 bridgehead atoms. The van der Waals surface area contributed by atoms with Crippen molar-refractivity contribution >= 4 is 6.03 Å². The van der Waals surface area contributed by atoms with Gasteiger partial charge in [0, 0.05) is 26.2 Å². The van der Waals surface area contributed by atoms with Crippen molar-refractivity contribution in [3.8, 4) is 0 Å². The van der Waals surface area contributed by atoms with Crippen molar-refractivity contribution in [2.24, 2.45) is 11.8 Å². The topological polar surface area (TPSA) is 35.6 Å². The molecule has 2 amide bonds. The van der Waals surface area contributed by atoms with E-state index in [1.807, 2.05) is 4.90 Å². The van der Waals surface area contributed by atoms with E-state index in [0.717, 1.165) is 43.3 Å². The van der Waals surface area contributed by atoms with Gasteiger partial charge < -0.3 is 15.1 Å². The van der Waals surface area contributed by atoms with Crippen LogP contribution in [-0.2, 0) is 6.54 Å². The summed E-state index contributed by atoms with van der Waals surface area (Å²) in [5.41, 5.74) is 0.920. The lowest BCUT2D eigenvalue weighted by atomic mass is 9.93. The van der Waals surface area contributed by atoms with Gasteiger partial charge in [-0.1, -0.05) is 19.1 Å². The highest BCUT2D eigenvalue weighted by atomic mass is 19.1. The molecule has 2 fully saturated rings. The third kappa shape index (κ3) is 5.43. The second kappa shape index (κ2) is 8.65. The molecule has 1 N–H and O–H groups in total. The van der Waals surface area contributed by atoms with E-state index >= 15 is 0 Å². The number of amides is 2. The largest absolute Gasteiger partial charge is 0.334 e. The van der Waals surface area contributed by atoms with Crippen LogP contribution in [0.2, 0.25) is 0 Å². The van der Waals surface area contributed by atoms with E-state index in [2.05, 4.69) is 17.1 Å². The molecule has 2 heterocycles. The number of carbonyl (C=O) groups excluding carboxylic acids is 1. The van der Waals surface area contributed by atoms with Crippen LogP contribution in [0, 0.1) is 17.7 Å². The number of benzene rings is 1. The standard InChI is InChI=1S/C20H30FN3O/c1-16-6-10-23(11-7-16)15-18-8-12-24(13-9-18)20(25)22-14-17-2-4-19(21)5-3-17/h2-5,16,18H,6-15H2,1H3,(H,22,25). The molecule has 3 rings (SSSR count). The molecule has 0 aliphatic carbocycles. The highest BCUT2D eigenvalue weighted by Crippen LogP contribution is 2.22. The Hall–Kier alpha value is -1.62. The molecular formula is C20H30FN3O. The minimum absolute atomic E-state index is 0.00503. The van der Waals surface area contributed by atoms with Crippen molar-refractivity contribution in [1.82, 2.24) is 15.1 Å². The first-order valence-electron chi connectivity index (χ1n) is 9.59. The van der Waals surface area contributed by atoms with Crippen LogP contribution in [0.3, 0.4) is 0 Å². The highest BCUT2D eigenvalue weighted by Gasteiger charge is 2.25. The van der Waals surface area contributed by atoms with Crippen LogP contribution in [-0.4, -0.2) is 48.6 Å². The molecule has 0 saturated carbocycles. The van der Waals surface area contributed by atoms with Gasteiger partial charge in [0.05, 0.1) is 0 Å². The second-order valence-electron chi connectivity index (χ2n) is 7.70. The monoisotopic (exact) mass is 347 g/mol. The molecule has 2 aliphatic heterocycles. The molecule has 25 heavy (non-hydrogen) atoms. The Bertz CT molecular complexity index is 547. The van der Waals surface area contributed by atoms with Crippen molar-refractivity contribution in [1.29, 1.82) is 0 Å². The van der Waals surface area contributed by atoms with Crippen molar-refractivity contribution in [2.75, 3.05) is 32.7 Å². The lowest BCUT2D eigenvalue weighted by Crippen LogP contribution is -2.46. The SMILES string of the molecule is CC1CCN(CC2CCN(C(=O)NCc3ccc(F)cc3)CC2)CC1. The number of nitrogens with one attached hydrogen (secondary N) is 1. The van der Waals surface area contributed by atoms with Crippen LogP contribution in [0.25, 0.3) is 0 Å². The van der Waals surface area contributed by atoms with Crippen LogP contribution in [0.1, 0.15) is 38.2 Å². The summed E-state index contributed by atoms with van der Waals surface area (Å²) in [7, 11) is 0. The lowest BCUT2D eigenvalue weighted by Gasteiger charge is -2.37. The normalized spacial score (nSPS) is 20.6. The van der Waals surface area contributed by atoms with E-state index in [-0.39, 0.29) is 11.8 Å². The molecule has 1 aromatic carbocycles. The summed E-state index contributed by atoms with van der Waals surface area (Å²) >= 11 is 0. The molecule has 2 saturated heterocycles. The number of carbonyl (C=O) groups is 1. The van der Waals surface area contributed by atoms with Gasteiger partial charge in [0.1, 0.15) is 5.82 Å². The molecule has 2 aliphatic rings. The van der Waals surface area contributed by atoms with E-state index in [1.165, 1.54) is 44.6 Å². The quantitative estimate of drug-likeness (QED) is 0.905. The lowest BCUT2D eigenvalue weighted by molar-refractivity contribution is 0.126. The zero-order chi connectivity index (χ0) is 17.6. The number of rotatable bonds is 4. The molecular weight excluding hydrogens is 317 g/mol. The van der Waals surface area contributed by atoms with Crippen molar-refractivity contribution in [3.05, 3.63) is 35.6 Å². The Kier molecular flexibility index (Phi) is 6.29. The predicted octanol–water partition coefficient (Wildman–Crippen LogP) is 3.48. The number of nitrogens with zero attached hydrogens (tertiary/aromatic N) is 2. The number of hydrogen-bond donors (Lipinski definition) is 1. The van der Waals surface area contributed by atoms with E-state index in [9.17, 15) is 9.18 Å². The maximum absolute atomic E-state index is 12.9. The van der Waals surface area contributed by atoms with Crippen LogP contribution in [0.5, 0.6) is 0 Å². The van der Waals surface area contributed by atoms with Gasteiger partial charge in [0.15, 0.2) is 0 Å². The molecule has 0 unspecified atom stereocenters. The molecule has 138 valence electrons. The number of piperidine rings is 2. The average Bonchev–Trinajstić information content (AvgIpc) is 2.63. The van der Waals surface area contributed by atoms with Crippen LogP contribution >= 0.6 is 0 Å². The van der Waals surface area contributed by atoms with Gasteiger partial charge in [-0.15, -0.1) is 0 Å². The minimum atomic E-state index is -0.250. The first-order valence-corrected chi connectivity index (χ1v) is 9.59. The zero-order valence-corrected chi connectivity index (χ0v) is 15.2. The molecule has 1 aromatic rings. The fourth-order valence-electron chi connectivity index (χ4n) is 3.82. The van der Waals surface area contributed by atoms with Crippen molar-refractivity contribution < 1.29 is 9.18 Å². The Morgan fingerprint density at radius 1 is 1.08 bits per heavy atom. The zero-order valence-electron chi connectivity index (χ0n) is 15.2. The van der Waals surface area contributed by atoms with Gasteiger partial charge in [-0.3, -0.25) is 0 Å². The number of urea groups is 1. The third-order valence-electron chi connectivity index (χ3n) is 5.65. The van der Waals surface area contributed by atoms with Gasteiger partial charge in [-0.05, 0) is 68.3 Å². The van der Waals surface area contributed by atoms with Crippen LogP contribution < -0.4 is 5.32 Å². The Morgan fingerprint density at radius 2 is 1.72 bits per heavy atom. The summed E-state index contributed by atoms with van der Waals surface area (Å²) in [5.74, 6) is 1.35. The van der Waals surface area contributed by atoms with Crippen molar-refractivity contribution in [2.45, 2.75) is 39.2 Å². The molecule has 4 nitrogen and oxygen atoms in total. The first-order chi connectivity index (χ1) is 12.1. The Morgan fingerprint density at radius 3 is 2.36 bits per heavy atom. The Balaban J connectivity index is 1.36. The first kappa shape index (κ1) is 18.2. The smallest absolute Gasteiger partial charge is 0.317 e. The third-order valence-corrected chi connectivity index (χ3v) is 5.65. The van der Waals surface area contributed by atoms with E-state index in [4.69, 9.17) is 0 Å². The van der Waals surface area contributed by atoms with E-state index in [1.54, 1.807) is 12.1 Å². The molecule has 0 spiro atoms. The highest BCUT2D eigenvalue weighted by molar-refractivity contribution is 5.74. The van der Waals surface area contributed by atoms with E-state index < -0.39 is 0 Å². The molecule has 0 radical (unpaired) electrons. The van der Waals surface area contributed by atoms with Crippen LogP contribution in [0.15, 0.2) is 24.3 Å². The summed E-state index contributed by atoms with van der Waals surface area (Å²) in [6, 6.07) is 6.26. The van der Waals surface area contributed by atoms with Gasteiger partial charge in [0.2, 0.25) is 0 Å². The minimum Gasteiger partial charge on any atom is -0.334 e. The summed E-state index contributed by atoms with van der Waals surface area (Å²) in [5, 5.41) is 2.94. The summed E-state index contributed by atoms with van der Waals surface area (Å²) in [6.07, 6.45) is 4.83. The summed E-state index contributed by atoms with van der Waals surface area (Å²) in [4.78, 5) is 16.8. The molecule has 0 atom stereocenters. The van der Waals surface area contributed by atoms with E-state index in [0.29, 0.717) is 6.54 Å². The van der Waals surface area contributed by atoms with Gasteiger partial charge >= 0.3 is 6.03 Å². The molecule has 5 heteroatoms. The average molecular weight is 347 g/mol.